The number of carbonyl (C=O) groups is 1. The average molecular weight is 344 g/mol. The molecule has 0 bridgehead atoms. The van der Waals surface area contributed by atoms with Gasteiger partial charge in [0.1, 0.15) is 5.58 Å². The number of furan rings is 1. The van der Waals surface area contributed by atoms with Crippen molar-refractivity contribution in [2.45, 2.75) is 31.5 Å². The number of para-hydroxylation sites is 1. The minimum atomic E-state index is 0.00244. The second kappa shape index (κ2) is 7.09. The van der Waals surface area contributed by atoms with E-state index < -0.39 is 0 Å². The van der Waals surface area contributed by atoms with Gasteiger partial charge in [0.15, 0.2) is 16.7 Å². The van der Waals surface area contributed by atoms with Crippen molar-refractivity contribution in [3.05, 3.63) is 30.3 Å². The number of fused-ring (bicyclic) bond motifs is 1. The van der Waals surface area contributed by atoms with Gasteiger partial charge in [-0.3, -0.25) is 4.79 Å². The van der Waals surface area contributed by atoms with Gasteiger partial charge in [-0.1, -0.05) is 36.9 Å². The third-order valence-electron chi connectivity index (χ3n) is 3.83. The van der Waals surface area contributed by atoms with E-state index in [0.29, 0.717) is 22.5 Å². The fourth-order valence-corrected chi connectivity index (χ4v) is 3.02. The molecule has 0 aliphatic rings. The van der Waals surface area contributed by atoms with Crippen LogP contribution in [0.3, 0.4) is 0 Å². The lowest BCUT2D eigenvalue weighted by Gasteiger charge is -2.10. The molecular formula is C17H20N4O2S. The lowest BCUT2D eigenvalue weighted by Crippen LogP contribution is -2.33. The summed E-state index contributed by atoms with van der Waals surface area (Å²) < 4.78 is 7.68. The van der Waals surface area contributed by atoms with Crippen molar-refractivity contribution in [1.82, 2.24) is 20.1 Å². The molecule has 7 heteroatoms. The molecule has 0 saturated heterocycles. The van der Waals surface area contributed by atoms with Crippen LogP contribution in [0.2, 0.25) is 0 Å². The van der Waals surface area contributed by atoms with Gasteiger partial charge < -0.3 is 14.3 Å². The first kappa shape index (κ1) is 16.6. The number of thioether (sulfide) groups is 1. The van der Waals surface area contributed by atoms with Crippen LogP contribution in [-0.2, 0) is 11.8 Å². The van der Waals surface area contributed by atoms with Crippen LogP contribution < -0.4 is 5.32 Å². The fraction of sp³-hybridized carbons (Fsp3) is 0.353. The summed E-state index contributed by atoms with van der Waals surface area (Å²) in [7, 11) is 1.87. The number of rotatable bonds is 6. The zero-order valence-corrected chi connectivity index (χ0v) is 14.8. The number of hydrogen-bond donors (Lipinski definition) is 1. The van der Waals surface area contributed by atoms with Crippen molar-refractivity contribution in [3.8, 4) is 11.6 Å². The summed E-state index contributed by atoms with van der Waals surface area (Å²) in [5.41, 5.74) is 0.817. The lowest BCUT2D eigenvalue weighted by atomic mass is 10.2. The van der Waals surface area contributed by atoms with Crippen LogP contribution in [0, 0.1) is 0 Å². The van der Waals surface area contributed by atoms with Crippen LogP contribution in [0.1, 0.15) is 20.3 Å². The van der Waals surface area contributed by atoms with Crippen molar-refractivity contribution in [1.29, 1.82) is 0 Å². The largest absolute Gasteiger partial charge is 0.453 e. The van der Waals surface area contributed by atoms with E-state index in [0.717, 1.165) is 17.4 Å². The molecule has 1 unspecified atom stereocenters. The second-order valence-electron chi connectivity index (χ2n) is 5.68. The quantitative estimate of drug-likeness (QED) is 0.695. The molecule has 2 aromatic heterocycles. The standard InChI is InChI=1S/C17H20N4O2S/c1-4-11(2)18-15(22)10-24-17-20-19-16(21(17)3)14-9-12-7-5-6-8-13(12)23-14/h5-9,11H,4,10H2,1-3H3,(H,18,22). The highest BCUT2D eigenvalue weighted by Crippen LogP contribution is 2.28. The molecule has 3 rings (SSSR count). The van der Waals surface area contributed by atoms with Crippen molar-refractivity contribution in [2.24, 2.45) is 7.05 Å². The number of hydrogen-bond acceptors (Lipinski definition) is 5. The first-order valence-corrected chi connectivity index (χ1v) is 8.87. The van der Waals surface area contributed by atoms with Gasteiger partial charge in [-0.2, -0.15) is 0 Å². The minimum Gasteiger partial charge on any atom is -0.453 e. The number of carbonyl (C=O) groups excluding carboxylic acids is 1. The maximum absolute atomic E-state index is 11.9. The van der Waals surface area contributed by atoms with Crippen LogP contribution in [-0.4, -0.2) is 32.5 Å². The van der Waals surface area contributed by atoms with Crippen molar-refractivity contribution >= 4 is 28.6 Å². The molecule has 126 valence electrons. The highest BCUT2D eigenvalue weighted by atomic mass is 32.2. The summed E-state index contributed by atoms with van der Waals surface area (Å²) in [6.45, 7) is 4.03. The molecule has 0 aliphatic carbocycles. The van der Waals surface area contributed by atoms with E-state index in [1.54, 1.807) is 0 Å². The molecule has 1 amide bonds. The van der Waals surface area contributed by atoms with Gasteiger partial charge in [-0.05, 0) is 25.5 Å². The first-order valence-electron chi connectivity index (χ1n) is 7.89. The average Bonchev–Trinajstić information content (AvgIpc) is 3.15. The summed E-state index contributed by atoms with van der Waals surface area (Å²) in [6.07, 6.45) is 0.913. The van der Waals surface area contributed by atoms with Gasteiger partial charge in [-0.25, -0.2) is 0 Å². The molecule has 0 radical (unpaired) electrons. The van der Waals surface area contributed by atoms with E-state index in [-0.39, 0.29) is 11.9 Å². The summed E-state index contributed by atoms with van der Waals surface area (Å²) >= 11 is 1.37. The van der Waals surface area contributed by atoms with Crippen LogP contribution in [0.25, 0.3) is 22.6 Å². The molecule has 0 spiro atoms. The summed E-state index contributed by atoms with van der Waals surface area (Å²) in [4.78, 5) is 11.9. The van der Waals surface area contributed by atoms with E-state index in [1.165, 1.54) is 11.8 Å². The normalized spacial score (nSPS) is 12.5. The maximum atomic E-state index is 11.9. The summed E-state index contributed by atoms with van der Waals surface area (Å²) in [6, 6.07) is 9.95. The first-order chi connectivity index (χ1) is 11.6. The van der Waals surface area contributed by atoms with Crippen LogP contribution in [0.4, 0.5) is 0 Å². The number of benzene rings is 1. The molecule has 1 N–H and O–H groups in total. The lowest BCUT2D eigenvalue weighted by molar-refractivity contribution is -0.119. The van der Waals surface area contributed by atoms with Crippen molar-refractivity contribution in [3.63, 3.8) is 0 Å². The van der Waals surface area contributed by atoms with Crippen LogP contribution in [0.5, 0.6) is 0 Å². The minimum absolute atomic E-state index is 0.00244. The van der Waals surface area contributed by atoms with Gasteiger partial charge in [0.25, 0.3) is 0 Å². The van der Waals surface area contributed by atoms with Crippen molar-refractivity contribution in [2.75, 3.05) is 5.75 Å². The molecule has 24 heavy (non-hydrogen) atoms. The second-order valence-corrected chi connectivity index (χ2v) is 6.62. The number of aromatic nitrogens is 3. The maximum Gasteiger partial charge on any atom is 0.230 e. The third kappa shape index (κ3) is 3.46. The SMILES string of the molecule is CCC(C)NC(=O)CSc1nnc(-c2cc3ccccc3o2)n1C. The Kier molecular flexibility index (Phi) is 4.89. The topological polar surface area (TPSA) is 73.0 Å². The summed E-state index contributed by atoms with van der Waals surface area (Å²) in [5.74, 6) is 1.64. The number of nitrogens with one attached hydrogen (secondary N) is 1. The van der Waals surface area contributed by atoms with Gasteiger partial charge >= 0.3 is 0 Å². The van der Waals surface area contributed by atoms with Gasteiger partial charge in [0.05, 0.1) is 5.75 Å². The highest BCUT2D eigenvalue weighted by Gasteiger charge is 2.16. The molecule has 2 heterocycles. The Labute approximate surface area is 144 Å². The van der Waals surface area contributed by atoms with E-state index in [4.69, 9.17) is 4.42 Å². The van der Waals surface area contributed by atoms with Gasteiger partial charge in [0.2, 0.25) is 5.91 Å². The summed E-state index contributed by atoms with van der Waals surface area (Å²) in [5, 5.41) is 13.0. The van der Waals surface area contributed by atoms with Gasteiger partial charge in [0, 0.05) is 18.5 Å². The molecule has 6 nitrogen and oxygen atoms in total. The Morgan fingerprint density at radius 2 is 2.17 bits per heavy atom. The smallest absolute Gasteiger partial charge is 0.230 e. The Bertz CT molecular complexity index is 822. The number of amides is 1. The van der Waals surface area contributed by atoms with E-state index in [1.807, 2.05) is 55.8 Å². The zero-order chi connectivity index (χ0) is 17.1. The zero-order valence-electron chi connectivity index (χ0n) is 13.9. The Morgan fingerprint density at radius 1 is 1.38 bits per heavy atom. The van der Waals surface area contributed by atoms with E-state index >= 15 is 0 Å². The fourth-order valence-electron chi connectivity index (χ4n) is 2.30. The Balaban J connectivity index is 1.73. The molecular weight excluding hydrogens is 324 g/mol. The molecule has 1 aromatic carbocycles. The van der Waals surface area contributed by atoms with Gasteiger partial charge in [-0.15, -0.1) is 10.2 Å². The van der Waals surface area contributed by atoms with E-state index in [9.17, 15) is 4.79 Å². The van der Waals surface area contributed by atoms with Crippen LogP contribution in [0.15, 0.2) is 39.9 Å². The van der Waals surface area contributed by atoms with E-state index in [2.05, 4.69) is 15.5 Å². The Hall–Kier alpha value is -2.28. The molecule has 1 atom stereocenters. The monoisotopic (exact) mass is 344 g/mol. The molecule has 0 saturated carbocycles. The predicted molar refractivity (Wildman–Crippen MR) is 94.8 cm³/mol. The Morgan fingerprint density at radius 3 is 2.92 bits per heavy atom. The predicted octanol–water partition coefficient (Wildman–Crippen LogP) is 3.24. The van der Waals surface area contributed by atoms with Crippen molar-refractivity contribution < 1.29 is 9.21 Å². The highest BCUT2D eigenvalue weighted by molar-refractivity contribution is 7.99. The molecule has 3 aromatic rings. The van der Waals surface area contributed by atoms with Crippen LogP contribution >= 0.6 is 11.8 Å². The molecule has 0 fully saturated rings. The molecule has 0 aliphatic heterocycles. The third-order valence-corrected chi connectivity index (χ3v) is 4.85. The number of nitrogens with zero attached hydrogens (tertiary/aromatic N) is 3.